The van der Waals surface area contributed by atoms with Crippen molar-refractivity contribution in [3.05, 3.63) is 41.7 Å². The molecular weight excluding hydrogens is 204 g/mol. The molecule has 1 N–H and O–H groups in total. The van der Waals surface area contributed by atoms with Crippen molar-refractivity contribution in [2.24, 2.45) is 12.2 Å². The van der Waals surface area contributed by atoms with Gasteiger partial charge in [0.2, 0.25) is 6.20 Å². The first kappa shape index (κ1) is 10.2. The van der Waals surface area contributed by atoms with E-state index in [9.17, 15) is 4.91 Å². The molecule has 5 heteroatoms. The summed E-state index contributed by atoms with van der Waals surface area (Å²) in [4.78, 5) is 14.7. The van der Waals surface area contributed by atoms with Crippen LogP contribution in [-0.4, -0.2) is 10.1 Å². The zero-order chi connectivity index (χ0) is 11.5. The largest absolute Gasteiger partial charge is 0.254 e. The number of hydrogen-bond donors (Lipinski definition) is 1. The Hall–Kier alpha value is -2.30. The summed E-state index contributed by atoms with van der Waals surface area (Å²) < 4.78 is 1.82. The number of aromatic amines is 1. The summed E-state index contributed by atoms with van der Waals surface area (Å²) >= 11 is 0. The summed E-state index contributed by atoms with van der Waals surface area (Å²) in [5.41, 5.74) is 2.71. The predicted molar refractivity (Wildman–Crippen MR) is 60.7 cm³/mol. The standard InChI is InChI=1S/C11H10N4O/c1-3-8-4-10(12-6-11(8)14-16)9-5-13-15(2)7-9/h3-7H,1H2,2H3/p+1. The molecule has 16 heavy (non-hydrogen) atoms. The minimum absolute atomic E-state index is 0.304. The summed E-state index contributed by atoms with van der Waals surface area (Å²) in [5.74, 6) is 0. The maximum Gasteiger partial charge on any atom is 0.204 e. The molecule has 0 amide bonds. The van der Waals surface area contributed by atoms with Gasteiger partial charge in [0.05, 0.1) is 23.7 Å². The van der Waals surface area contributed by atoms with E-state index >= 15 is 0 Å². The third kappa shape index (κ3) is 1.75. The fraction of sp³-hybridized carbons (Fsp3) is 0.0909. The second-order valence-corrected chi connectivity index (χ2v) is 3.39. The molecule has 0 aliphatic heterocycles. The summed E-state index contributed by atoms with van der Waals surface area (Å²) in [7, 11) is 1.89. The molecule has 0 bridgehead atoms. The number of aryl methyl sites for hydroxylation is 1. The van der Waals surface area contributed by atoms with Crippen molar-refractivity contribution < 1.29 is 4.68 Å². The van der Waals surface area contributed by atoms with Crippen LogP contribution >= 0.6 is 0 Å². The highest BCUT2D eigenvalue weighted by molar-refractivity contribution is 5.68. The number of pyridine rings is 1. The van der Waals surface area contributed by atoms with E-state index in [4.69, 9.17) is 0 Å². The van der Waals surface area contributed by atoms with Gasteiger partial charge in [-0.1, -0.05) is 12.7 Å². The van der Waals surface area contributed by atoms with Crippen LogP contribution in [0.2, 0.25) is 0 Å². The Morgan fingerprint density at radius 1 is 1.62 bits per heavy atom. The first-order valence-electron chi connectivity index (χ1n) is 4.75. The van der Waals surface area contributed by atoms with Crippen molar-refractivity contribution in [1.29, 1.82) is 0 Å². The van der Waals surface area contributed by atoms with Gasteiger partial charge in [-0.2, -0.15) is 5.10 Å². The smallest absolute Gasteiger partial charge is 0.204 e. The Labute approximate surface area is 92.4 Å². The van der Waals surface area contributed by atoms with Crippen molar-refractivity contribution in [2.45, 2.75) is 0 Å². The van der Waals surface area contributed by atoms with Crippen molar-refractivity contribution >= 4 is 11.8 Å². The number of rotatable bonds is 3. The molecule has 80 valence electrons. The maximum atomic E-state index is 10.5. The van der Waals surface area contributed by atoms with Gasteiger partial charge in [0.1, 0.15) is 5.69 Å². The van der Waals surface area contributed by atoms with Crippen molar-refractivity contribution in [3.8, 4) is 11.3 Å². The van der Waals surface area contributed by atoms with Crippen LogP contribution in [0.5, 0.6) is 0 Å². The lowest BCUT2D eigenvalue weighted by atomic mass is 10.1. The molecule has 0 unspecified atom stereocenters. The van der Waals surface area contributed by atoms with Gasteiger partial charge < -0.3 is 0 Å². The van der Waals surface area contributed by atoms with Gasteiger partial charge in [0.25, 0.3) is 0 Å². The molecule has 0 fully saturated rings. The minimum atomic E-state index is 0.304. The number of hydrogen-bond acceptors (Lipinski definition) is 3. The van der Waals surface area contributed by atoms with E-state index in [0.717, 1.165) is 11.3 Å². The molecule has 2 rings (SSSR count). The molecule has 2 heterocycles. The van der Waals surface area contributed by atoms with E-state index in [2.05, 4.69) is 21.8 Å². The lowest BCUT2D eigenvalue weighted by Crippen LogP contribution is -2.27. The average molecular weight is 215 g/mol. The Morgan fingerprint density at radius 3 is 3.00 bits per heavy atom. The Balaban J connectivity index is 2.51. The van der Waals surface area contributed by atoms with Crippen LogP contribution in [0, 0.1) is 4.91 Å². The summed E-state index contributed by atoms with van der Waals surface area (Å²) in [6, 6.07) is 1.78. The second-order valence-electron chi connectivity index (χ2n) is 3.39. The number of nitrogens with zero attached hydrogens (tertiary/aromatic N) is 3. The monoisotopic (exact) mass is 215 g/mol. The zero-order valence-corrected chi connectivity index (χ0v) is 8.84. The topological polar surface area (TPSA) is 62.0 Å². The molecule has 0 radical (unpaired) electrons. The van der Waals surface area contributed by atoms with Crippen LogP contribution in [0.3, 0.4) is 0 Å². The van der Waals surface area contributed by atoms with E-state index in [1.807, 2.05) is 24.1 Å². The first-order chi connectivity index (χ1) is 7.74. The summed E-state index contributed by atoms with van der Waals surface area (Å²) in [6.07, 6.45) is 6.79. The zero-order valence-electron chi connectivity index (χ0n) is 8.84. The van der Waals surface area contributed by atoms with E-state index < -0.39 is 0 Å². The number of nitrogens with one attached hydrogen (secondary N) is 1. The lowest BCUT2D eigenvalue weighted by molar-refractivity contribution is -0.726. The molecule has 0 aromatic carbocycles. The molecule has 0 aliphatic rings. The summed E-state index contributed by atoms with van der Waals surface area (Å²) in [6.45, 7) is 3.64. The maximum absolute atomic E-state index is 10.5. The van der Waals surface area contributed by atoms with E-state index in [1.54, 1.807) is 12.1 Å². The molecule has 0 spiro atoms. The fourth-order valence-electron chi connectivity index (χ4n) is 1.46. The summed E-state index contributed by atoms with van der Waals surface area (Å²) in [5, 5.41) is 5.88. The number of aromatic nitrogens is 3. The second kappa shape index (κ2) is 4.06. The molecule has 0 saturated carbocycles. The highest BCUT2D eigenvalue weighted by atomic mass is 16.3. The predicted octanol–water partition coefficient (Wildman–Crippen LogP) is 1.94. The van der Waals surface area contributed by atoms with Crippen LogP contribution < -0.4 is 4.68 Å². The highest BCUT2D eigenvalue weighted by Crippen LogP contribution is 2.24. The van der Waals surface area contributed by atoms with Crippen LogP contribution in [0.15, 0.2) is 36.4 Å². The Bertz CT molecular complexity index is 545. The van der Waals surface area contributed by atoms with Gasteiger partial charge in [0, 0.05) is 5.56 Å². The Morgan fingerprint density at radius 2 is 2.44 bits per heavy atom. The third-order valence-corrected chi connectivity index (χ3v) is 2.28. The van der Waals surface area contributed by atoms with E-state index in [1.165, 1.54) is 6.20 Å². The molecular formula is C11H11N4O+. The normalized spacial score (nSPS) is 10.1. The fourth-order valence-corrected chi connectivity index (χ4v) is 1.46. The first-order valence-corrected chi connectivity index (χ1v) is 4.75. The van der Waals surface area contributed by atoms with Gasteiger partial charge in [-0.25, -0.2) is 0 Å². The molecule has 2 aromatic heterocycles. The average Bonchev–Trinajstić information content (AvgIpc) is 2.75. The van der Waals surface area contributed by atoms with Gasteiger partial charge in [0.15, 0.2) is 7.05 Å². The van der Waals surface area contributed by atoms with Gasteiger partial charge in [-0.05, 0) is 11.2 Å². The SMILES string of the molecule is C=Cc1cc(-c2c[nH][n+](C)c2)ncc1N=O. The minimum Gasteiger partial charge on any atom is -0.254 e. The van der Waals surface area contributed by atoms with Crippen LogP contribution in [0.25, 0.3) is 17.3 Å². The van der Waals surface area contributed by atoms with Crippen LogP contribution in [-0.2, 0) is 7.05 Å². The molecule has 2 aromatic rings. The van der Waals surface area contributed by atoms with Crippen molar-refractivity contribution in [1.82, 2.24) is 10.1 Å². The molecule has 5 nitrogen and oxygen atoms in total. The lowest BCUT2D eigenvalue weighted by Gasteiger charge is -1.99. The van der Waals surface area contributed by atoms with Crippen LogP contribution in [0.4, 0.5) is 5.69 Å². The van der Waals surface area contributed by atoms with E-state index in [-0.39, 0.29) is 0 Å². The molecule has 0 atom stereocenters. The van der Waals surface area contributed by atoms with Gasteiger partial charge in [-0.3, -0.25) is 4.98 Å². The molecule has 0 saturated heterocycles. The number of nitroso groups, excluding NO2 is 1. The van der Waals surface area contributed by atoms with Crippen LogP contribution in [0.1, 0.15) is 5.56 Å². The number of H-pyrrole nitrogens is 1. The van der Waals surface area contributed by atoms with Gasteiger partial charge >= 0.3 is 0 Å². The van der Waals surface area contributed by atoms with Crippen molar-refractivity contribution in [3.63, 3.8) is 0 Å². The highest BCUT2D eigenvalue weighted by Gasteiger charge is 2.09. The quantitative estimate of drug-likeness (QED) is 0.628. The van der Waals surface area contributed by atoms with Gasteiger partial charge in [-0.15, -0.1) is 9.59 Å². The van der Waals surface area contributed by atoms with E-state index in [0.29, 0.717) is 11.3 Å². The Kier molecular flexibility index (Phi) is 2.59. The van der Waals surface area contributed by atoms with Crippen molar-refractivity contribution in [2.75, 3.05) is 0 Å². The molecule has 0 aliphatic carbocycles. The third-order valence-electron chi connectivity index (χ3n) is 2.28.